The first-order chi connectivity index (χ1) is 4.56. The van der Waals surface area contributed by atoms with Gasteiger partial charge in [0.1, 0.15) is 0 Å². The fraction of sp³-hybridized carbons (Fsp3) is 0.800. The van der Waals surface area contributed by atoms with Crippen LogP contribution in [0.3, 0.4) is 0 Å². The third kappa shape index (κ3) is 329000. The molecule has 0 aromatic rings. The Balaban J connectivity index is -0.0000000325. The number of carbonyl (C=O) groups is 1. The fourth-order valence-electron chi connectivity index (χ4n) is 0. The van der Waals surface area contributed by atoms with Crippen LogP contribution in [0.1, 0.15) is 13.8 Å². The number of hydrogen-bond donors (Lipinski definition) is 2. The first kappa shape index (κ1) is 22.4. The van der Waals surface area contributed by atoms with Gasteiger partial charge in [-0.15, -0.1) is 13.2 Å². The molecule has 0 unspecified atom stereocenters. The monoisotopic (exact) mass is 176 g/mol. The third-order valence-corrected chi connectivity index (χ3v) is 0. The molecule has 11 heavy (non-hydrogen) atoms. The molecule has 0 aliphatic carbocycles. The Hall–Kier alpha value is -0.0438. The van der Waals surface area contributed by atoms with Gasteiger partial charge in [-0.1, -0.05) is 13.8 Å². The Labute approximate surface area is 81.8 Å². The second kappa shape index (κ2) is 32.5. The van der Waals surface area contributed by atoms with Crippen LogP contribution in [0.5, 0.6) is 0 Å². The molecular formula is C5H12MgO5. The van der Waals surface area contributed by atoms with Gasteiger partial charge in [-0.25, -0.2) is 4.79 Å². The molecule has 0 fully saturated rings. The molecule has 0 aromatic heterocycles. The fourth-order valence-corrected chi connectivity index (χ4v) is 0. The zero-order chi connectivity index (χ0) is 8.99. The summed E-state index contributed by atoms with van der Waals surface area (Å²) in [7, 11) is 0. The van der Waals surface area contributed by atoms with Crippen LogP contribution in [0.25, 0.3) is 0 Å². The van der Waals surface area contributed by atoms with E-state index in [-0.39, 0.29) is 36.3 Å². The van der Waals surface area contributed by atoms with Gasteiger partial charge >= 0.3 is 29.2 Å². The standard InChI is InChI=1S/2C2H5O.CH2O3.Mg/c2*1-2-3;2-1(3)4;/h2*2H2,1H3;(H2,2,3,4);/q2*-1;;+2. The second-order valence-corrected chi connectivity index (χ2v) is 0.860. The predicted octanol–water partition coefficient (Wildman–Crippen LogP) is -1.43. The van der Waals surface area contributed by atoms with Gasteiger partial charge in [0, 0.05) is 0 Å². The van der Waals surface area contributed by atoms with Crippen molar-refractivity contribution in [3.8, 4) is 0 Å². The minimum absolute atomic E-state index is 0. The molecule has 0 aliphatic rings. The van der Waals surface area contributed by atoms with Crippen molar-refractivity contribution >= 4 is 29.2 Å². The summed E-state index contributed by atoms with van der Waals surface area (Å²) in [5.41, 5.74) is 0. The van der Waals surface area contributed by atoms with Gasteiger partial charge in [-0.3, -0.25) is 0 Å². The summed E-state index contributed by atoms with van der Waals surface area (Å²) in [4.78, 5) is 8.56. The molecule has 0 spiro atoms. The van der Waals surface area contributed by atoms with E-state index in [0.29, 0.717) is 0 Å². The molecule has 0 aliphatic heterocycles. The van der Waals surface area contributed by atoms with Crippen molar-refractivity contribution in [3.63, 3.8) is 0 Å². The second-order valence-electron chi connectivity index (χ2n) is 0.860. The smallest absolute Gasteiger partial charge is 0.855 e. The maximum absolute atomic E-state index is 8.93. The van der Waals surface area contributed by atoms with E-state index in [1.165, 1.54) is 0 Å². The zero-order valence-corrected chi connectivity index (χ0v) is 8.15. The van der Waals surface area contributed by atoms with Crippen molar-refractivity contribution < 1.29 is 25.2 Å². The Kier molecular flexibility index (Phi) is 66.3. The molecule has 0 saturated carbocycles. The Morgan fingerprint density at radius 2 is 1.18 bits per heavy atom. The molecule has 0 amide bonds. The average molecular weight is 176 g/mol. The molecule has 5 nitrogen and oxygen atoms in total. The maximum Gasteiger partial charge on any atom is 2.00 e. The molecule has 0 atom stereocenters. The molecule has 0 heterocycles. The Morgan fingerprint density at radius 1 is 1.18 bits per heavy atom. The van der Waals surface area contributed by atoms with Crippen LogP contribution in [0.2, 0.25) is 0 Å². The van der Waals surface area contributed by atoms with Gasteiger partial charge in [0.15, 0.2) is 0 Å². The predicted molar refractivity (Wildman–Crippen MR) is 37.5 cm³/mol. The topological polar surface area (TPSA) is 104 Å². The van der Waals surface area contributed by atoms with Crippen LogP contribution in [0.4, 0.5) is 4.79 Å². The van der Waals surface area contributed by atoms with Gasteiger partial charge in [0.05, 0.1) is 0 Å². The molecule has 0 aromatic carbocycles. The van der Waals surface area contributed by atoms with Crippen LogP contribution in [0.15, 0.2) is 0 Å². The summed E-state index contributed by atoms with van der Waals surface area (Å²) in [6.07, 6.45) is -1.83. The number of carboxylic acid groups (broad SMARTS) is 2. The first-order valence-corrected chi connectivity index (χ1v) is 2.64. The minimum atomic E-state index is -1.83. The van der Waals surface area contributed by atoms with Crippen LogP contribution in [-0.4, -0.2) is 52.6 Å². The van der Waals surface area contributed by atoms with Crippen molar-refractivity contribution in [2.45, 2.75) is 13.8 Å². The zero-order valence-electron chi connectivity index (χ0n) is 6.74. The largest absolute Gasteiger partial charge is 2.00 e. The Morgan fingerprint density at radius 3 is 1.18 bits per heavy atom. The quantitative estimate of drug-likeness (QED) is 0.441. The van der Waals surface area contributed by atoms with Crippen molar-refractivity contribution in [3.05, 3.63) is 0 Å². The van der Waals surface area contributed by atoms with Crippen molar-refractivity contribution in [2.75, 3.05) is 13.2 Å². The molecular weight excluding hydrogens is 164 g/mol. The van der Waals surface area contributed by atoms with E-state index in [4.69, 9.17) is 25.2 Å². The SMILES string of the molecule is CC[O-].CC[O-].O=C(O)O.[Mg+2]. The summed E-state index contributed by atoms with van der Waals surface area (Å²) in [5, 5.41) is 31.8. The molecule has 0 radical (unpaired) electrons. The molecule has 0 bridgehead atoms. The van der Waals surface area contributed by atoms with Gasteiger partial charge in [-0.05, 0) is 0 Å². The Bertz CT molecular complexity index is 52.8. The summed E-state index contributed by atoms with van der Waals surface area (Å²) in [6, 6.07) is 0. The van der Waals surface area contributed by atoms with E-state index in [2.05, 4.69) is 0 Å². The number of hydrogen-bond acceptors (Lipinski definition) is 3. The summed E-state index contributed by atoms with van der Waals surface area (Å²) < 4.78 is 0. The minimum Gasteiger partial charge on any atom is -0.855 e. The van der Waals surface area contributed by atoms with Crippen molar-refractivity contribution in [2.24, 2.45) is 0 Å². The van der Waals surface area contributed by atoms with Crippen LogP contribution < -0.4 is 10.2 Å². The van der Waals surface area contributed by atoms with Crippen LogP contribution in [0, 0.1) is 0 Å². The van der Waals surface area contributed by atoms with Crippen LogP contribution in [-0.2, 0) is 0 Å². The third-order valence-electron chi connectivity index (χ3n) is 0. The van der Waals surface area contributed by atoms with Crippen molar-refractivity contribution in [1.29, 1.82) is 0 Å². The molecule has 6 heteroatoms. The normalized spacial score (nSPS) is 5.45. The molecule has 64 valence electrons. The van der Waals surface area contributed by atoms with Crippen LogP contribution >= 0.6 is 0 Å². The first-order valence-electron chi connectivity index (χ1n) is 2.64. The summed E-state index contributed by atoms with van der Waals surface area (Å²) in [5.74, 6) is 0. The van der Waals surface area contributed by atoms with Crippen molar-refractivity contribution in [1.82, 2.24) is 0 Å². The van der Waals surface area contributed by atoms with Gasteiger partial charge in [0.2, 0.25) is 0 Å². The average Bonchev–Trinajstić information content (AvgIpc) is 1.65. The molecule has 2 N–H and O–H groups in total. The molecule has 0 saturated heterocycles. The van der Waals surface area contributed by atoms with E-state index in [9.17, 15) is 0 Å². The summed E-state index contributed by atoms with van der Waals surface area (Å²) >= 11 is 0. The van der Waals surface area contributed by atoms with Gasteiger partial charge in [0.25, 0.3) is 0 Å². The summed E-state index contributed by atoms with van der Waals surface area (Å²) in [6.45, 7) is 3.14. The molecule has 0 rings (SSSR count). The van der Waals surface area contributed by atoms with Gasteiger partial charge in [-0.2, -0.15) is 0 Å². The van der Waals surface area contributed by atoms with E-state index in [1.54, 1.807) is 13.8 Å². The van der Waals surface area contributed by atoms with E-state index in [1.807, 2.05) is 0 Å². The van der Waals surface area contributed by atoms with Gasteiger partial charge < -0.3 is 20.4 Å². The number of rotatable bonds is 0. The van der Waals surface area contributed by atoms with E-state index in [0.717, 1.165) is 0 Å². The van der Waals surface area contributed by atoms with E-state index < -0.39 is 6.16 Å². The maximum atomic E-state index is 8.93. The van der Waals surface area contributed by atoms with E-state index >= 15 is 0 Å².